The van der Waals surface area contributed by atoms with Crippen molar-refractivity contribution in [2.75, 3.05) is 0 Å². The average molecular weight is 187 g/mol. The van der Waals surface area contributed by atoms with Crippen molar-refractivity contribution < 1.29 is 42.3 Å². The molecule has 0 atom stereocenters. The molecule has 3 nitrogen and oxygen atoms in total. The van der Waals surface area contributed by atoms with E-state index in [1.165, 1.54) is 6.07 Å². The number of aliphatic hydroxyl groups is 1. The fraction of sp³-hybridized carbons (Fsp3) is 0.250. The fourth-order valence-electron chi connectivity index (χ4n) is 0.284. The molecule has 8 heavy (non-hydrogen) atoms. The summed E-state index contributed by atoms with van der Waals surface area (Å²) in [5, 5.41) is 11.5. The smallest absolute Gasteiger partial charge is 0.0366 e. The van der Waals surface area contributed by atoms with Crippen LogP contribution in [0.3, 0.4) is 0 Å². The topological polar surface area (TPSA) is 46.3 Å². The zero-order valence-corrected chi connectivity index (χ0v) is 7.00. The van der Waals surface area contributed by atoms with Crippen molar-refractivity contribution in [3.63, 3.8) is 0 Å². The Labute approximate surface area is 71.9 Å². The van der Waals surface area contributed by atoms with Gasteiger partial charge < -0.3 is 9.63 Å². The molecule has 1 aromatic heterocycles. The zero-order valence-electron chi connectivity index (χ0n) is 4.16. The van der Waals surface area contributed by atoms with Crippen molar-refractivity contribution in [2.24, 2.45) is 0 Å². The SMILES string of the molecule is OCc1c[c-]no1.[Y]. The van der Waals surface area contributed by atoms with Crippen molar-refractivity contribution in [3.05, 3.63) is 18.0 Å². The molecule has 41 valence electrons. The molecule has 0 aliphatic heterocycles. The van der Waals surface area contributed by atoms with E-state index in [9.17, 15) is 0 Å². The summed E-state index contributed by atoms with van der Waals surface area (Å²) in [6.45, 7) is -0.101. The van der Waals surface area contributed by atoms with Gasteiger partial charge in [0.1, 0.15) is 0 Å². The Hall–Kier alpha value is 0.274. The van der Waals surface area contributed by atoms with Gasteiger partial charge in [-0.2, -0.15) is 6.07 Å². The molecule has 0 aliphatic carbocycles. The van der Waals surface area contributed by atoms with Crippen LogP contribution in [0.4, 0.5) is 0 Å². The first-order chi connectivity index (χ1) is 3.43. The van der Waals surface area contributed by atoms with Gasteiger partial charge in [0, 0.05) is 45.1 Å². The molecule has 1 radical (unpaired) electrons. The molecule has 0 saturated carbocycles. The molecule has 0 fully saturated rings. The second-order valence-electron chi connectivity index (χ2n) is 1.08. The van der Waals surface area contributed by atoms with Gasteiger partial charge in [0.2, 0.25) is 0 Å². The van der Waals surface area contributed by atoms with E-state index in [0.717, 1.165) is 0 Å². The van der Waals surface area contributed by atoms with E-state index in [1.807, 2.05) is 0 Å². The molecule has 0 aliphatic rings. The first-order valence-corrected chi connectivity index (χ1v) is 1.86. The van der Waals surface area contributed by atoms with E-state index in [0.29, 0.717) is 5.76 Å². The van der Waals surface area contributed by atoms with Gasteiger partial charge in [-0.05, 0) is 0 Å². The summed E-state index contributed by atoms with van der Waals surface area (Å²) in [4.78, 5) is 0. The minimum absolute atomic E-state index is 0. The van der Waals surface area contributed by atoms with Crippen LogP contribution in [0.5, 0.6) is 0 Å². The summed E-state index contributed by atoms with van der Waals surface area (Å²) in [7, 11) is 0. The number of nitrogens with zero attached hydrogens (tertiary/aromatic N) is 1. The average Bonchev–Trinajstić information content (AvgIpc) is 2.14. The minimum Gasteiger partial charge on any atom is -0.468 e. The molecule has 1 aromatic rings. The van der Waals surface area contributed by atoms with Crippen LogP contribution >= 0.6 is 0 Å². The van der Waals surface area contributed by atoms with Crippen LogP contribution in [0, 0.1) is 6.20 Å². The molecular weight excluding hydrogens is 183 g/mol. The molecule has 0 bridgehead atoms. The predicted octanol–water partition coefficient (Wildman–Crippen LogP) is -0.0354. The Balaban J connectivity index is 0.000000490. The van der Waals surface area contributed by atoms with Gasteiger partial charge in [0.05, 0.1) is 0 Å². The standard InChI is InChI=1S/C4H4NO2.Y/c6-3-4-1-2-5-7-4;/h1,6H,3H2;/q-1;. The number of hydrogen-bond acceptors (Lipinski definition) is 3. The number of aliphatic hydroxyl groups excluding tert-OH is 1. The largest absolute Gasteiger partial charge is 0.468 e. The number of aromatic nitrogens is 1. The molecule has 1 N–H and O–H groups in total. The molecule has 0 spiro atoms. The summed E-state index contributed by atoms with van der Waals surface area (Å²) in [6.07, 6.45) is 2.40. The molecule has 0 aromatic carbocycles. The molecule has 1 rings (SSSR count). The zero-order chi connectivity index (χ0) is 5.11. The second kappa shape index (κ2) is 4.18. The summed E-state index contributed by atoms with van der Waals surface area (Å²) in [6, 6.07) is 1.49. The first-order valence-electron chi connectivity index (χ1n) is 1.86. The molecule has 0 saturated heterocycles. The third kappa shape index (κ3) is 2.03. The van der Waals surface area contributed by atoms with Gasteiger partial charge in [0.25, 0.3) is 0 Å². The van der Waals surface area contributed by atoms with Crippen LogP contribution in [0.2, 0.25) is 0 Å². The molecular formula is C4H4NO2Y-. The van der Waals surface area contributed by atoms with Gasteiger partial charge in [0.15, 0.2) is 0 Å². The van der Waals surface area contributed by atoms with Gasteiger partial charge >= 0.3 is 0 Å². The first kappa shape index (κ1) is 8.27. The quantitative estimate of drug-likeness (QED) is 0.627. The Morgan fingerprint density at radius 3 is 2.88 bits per heavy atom. The Morgan fingerprint density at radius 2 is 2.62 bits per heavy atom. The van der Waals surface area contributed by atoms with Crippen molar-refractivity contribution in [2.45, 2.75) is 6.61 Å². The van der Waals surface area contributed by atoms with Crippen molar-refractivity contribution in [1.29, 1.82) is 0 Å². The maximum atomic E-state index is 8.27. The number of hydrogen-bond donors (Lipinski definition) is 1. The van der Waals surface area contributed by atoms with Gasteiger partial charge in [-0.1, -0.05) is 0 Å². The van der Waals surface area contributed by atoms with E-state index in [1.54, 1.807) is 0 Å². The second-order valence-corrected chi connectivity index (χ2v) is 1.08. The minimum atomic E-state index is -0.101. The fourth-order valence-corrected chi connectivity index (χ4v) is 0.284. The van der Waals surface area contributed by atoms with Gasteiger partial charge in [-0.15, -0.1) is 6.20 Å². The van der Waals surface area contributed by atoms with Gasteiger partial charge in [-0.25, -0.2) is 5.16 Å². The third-order valence-electron chi connectivity index (χ3n) is 0.597. The Kier molecular flexibility index (Phi) is 4.33. The third-order valence-corrected chi connectivity index (χ3v) is 0.597. The molecule has 1 heterocycles. The maximum Gasteiger partial charge on any atom is 0.0366 e. The van der Waals surface area contributed by atoms with E-state index in [2.05, 4.69) is 15.9 Å². The monoisotopic (exact) mass is 187 g/mol. The van der Waals surface area contributed by atoms with E-state index >= 15 is 0 Å². The molecule has 4 heteroatoms. The normalized spacial score (nSPS) is 8.12. The summed E-state index contributed by atoms with van der Waals surface area (Å²) in [5.41, 5.74) is 0. The maximum absolute atomic E-state index is 8.27. The van der Waals surface area contributed by atoms with Crippen molar-refractivity contribution >= 4 is 0 Å². The van der Waals surface area contributed by atoms with E-state index in [4.69, 9.17) is 5.11 Å². The summed E-state index contributed by atoms with van der Waals surface area (Å²) >= 11 is 0. The predicted molar refractivity (Wildman–Crippen MR) is 21.3 cm³/mol. The summed E-state index contributed by atoms with van der Waals surface area (Å²) in [5.74, 6) is 0.444. The summed E-state index contributed by atoms with van der Waals surface area (Å²) < 4.78 is 4.43. The number of rotatable bonds is 1. The molecule has 0 amide bonds. The van der Waals surface area contributed by atoms with Crippen LogP contribution in [0.1, 0.15) is 5.76 Å². The van der Waals surface area contributed by atoms with Crippen molar-refractivity contribution in [1.82, 2.24) is 5.16 Å². The van der Waals surface area contributed by atoms with E-state index in [-0.39, 0.29) is 39.3 Å². The Bertz CT molecular complexity index is 129. The van der Waals surface area contributed by atoms with Crippen LogP contribution in [-0.2, 0) is 39.3 Å². The van der Waals surface area contributed by atoms with Crippen LogP contribution < -0.4 is 0 Å². The van der Waals surface area contributed by atoms with Crippen LogP contribution in [0.15, 0.2) is 10.6 Å². The molecule has 0 unspecified atom stereocenters. The van der Waals surface area contributed by atoms with Crippen LogP contribution in [-0.4, -0.2) is 10.3 Å². The van der Waals surface area contributed by atoms with Crippen LogP contribution in [0.25, 0.3) is 0 Å². The van der Waals surface area contributed by atoms with Gasteiger partial charge in [-0.3, -0.25) is 0 Å². The Morgan fingerprint density at radius 1 is 1.88 bits per heavy atom. The van der Waals surface area contributed by atoms with Crippen molar-refractivity contribution in [3.8, 4) is 0 Å². The van der Waals surface area contributed by atoms with E-state index < -0.39 is 0 Å².